The first kappa shape index (κ1) is 25.4. The SMILES string of the molecule is CC=CC(=CC)CN1CCC(N(Cc2ccccc2)C(=O)Nc2ccc(OC(F)(F)F)cc2)C1. The molecule has 1 atom stereocenters. The van der Waals surface area contributed by atoms with Crippen molar-refractivity contribution < 1.29 is 22.7 Å². The molecular formula is C26H30F3N3O2. The maximum absolute atomic E-state index is 13.3. The lowest BCUT2D eigenvalue weighted by Crippen LogP contribution is -2.44. The Bertz CT molecular complexity index is 989. The van der Waals surface area contributed by atoms with Gasteiger partial charge in [-0.15, -0.1) is 13.2 Å². The van der Waals surface area contributed by atoms with E-state index in [1.807, 2.05) is 50.3 Å². The summed E-state index contributed by atoms with van der Waals surface area (Å²) in [6, 6.07) is 14.6. The predicted molar refractivity (Wildman–Crippen MR) is 128 cm³/mol. The van der Waals surface area contributed by atoms with Crippen LogP contribution in [0.2, 0.25) is 0 Å². The second-order valence-electron chi connectivity index (χ2n) is 8.16. The fourth-order valence-electron chi connectivity index (χ4n) is 4.00. The summed E-state index contributed by atoms with van der Waals surface area (Å²) >= 11 is 0. The Kier molecular flexibility index (Phi) is 8.76. The van der Waals surface area contributed by atoms with Gasteiger partial charge in [0.25, 0.3) is 0 Å². The number of anilines is 1. The highest BCUT2D eigenvalue weighted by Gasteiger charge is 2.32. The smallest absolute Gasteiger partial charge is 0.406 e. The van der Waals surface area contributed by atoms with E-state index in [-0.39, 0.29) is 17.8 Å². The molecule has 0 aliphatic carbocycles. The highest BCUT2D eigenvalue weighted by molar-refractivity contribution is 5.89. The molecule has 0 saturated carbocycles. The number of carbonyl (C=O) groups is 1. The van der Waals surface area contributed by atoms with Crippen molar-refractivity contribution in [1.82, 2.24) is 9.80 Å². The highest BCUT2D eigenvalue weighted by Crippen LogP contribution is 2.25. The molecule has 5 nitrogen and oxygen atoms in total. The Hall–Kier alpha value is -3.26. The monoisotopic (exact) mass is 473 g/mol. The number of hydrogen-bond donors (Lipinski definition) is 1. The lowest BCUT2D eigenvalue weighted by atomic mass is 10.1. The highest BCUT2D eigenvalue weighted by atomic mass is 19.4. The van der Waals surface area contributed by atoms with Gasteiger partial charge in [-0.2, -0.15) is 0 Å². The van der Waals surface area contributed by atoms with E-state index in [0.717, 1.165) is 31.6 Å². The molecule has 1 fully saturated rings. The van der Waals surface area contributed by atoms with Crippen molar-refractivity contribution in [3.63, 3.8) is 0 Å². The van der Waals surface area contributed by atoms with E-state index >= 15 is 0 Å². The molecular weight excluding hydrogens is 443 g/mol. The van der Waals surface area contributed by atoms with Crippen LogP contribution in [0.4, 0.5) is 23.7 Å². The summed E-state index contributed by atoms with van der Waals surface area (Å²) in [5.74, 6) is -0.334. The molecule has 1 unspecified atom stereocenters. The van der Waals surface area contributed by atoms with Gasteiger partial charge in [0.2, 0.25) is 0 Å². The van der Waals surface area contributed by atoms with Gasteiger partial charge in [-0.3, -0.25) is 4.90 Å². The number of benzene rings is 2. The van der Waals surface area contributed by atoms with Crippen LogP contribution in [-0.2, 0) is 6.54 Å². The molecule has 1 saturated heterocycles. The first-order valence-electron chi connectivity index (χ1n) is 11.2. The molecule has 3 rings (SSSR count). The lowest BCUT2D eigenvalue weighted by molar-refractivity contribution is -0.274. The van der Waals surface area contributed by atoms with Gasteiger partial charge >= 0.3 is 12.4 Å². The molecule has 2 aromatic rings. The number of hydrogen-bond acceptors (Lipinski definition) is 3. The Morgan fingerprint density at radius 2 is 1.85 bits per heavy atom. The Morgan fingerprint density at radius 1 is 1.15 bits per heavy atom. The average molecular weight is 474 g/mol. The van der Waals surface area contributed by atoms with Crippen LogP contribution in [0, 0.1) is 0 Å². The van der Waals surface area contributed by atoms with Gasteiger partial charge < -0.3 is 15.0 Å². The summed E-state index contributed by atoms with van der Waals surface area (Å²) in [6.07, 6.45) is 2.28. The van der Waals surface area contributed by atoms with E-state index in [2.05, 4.69) is 27.1 Å². The predicted octanol–water partition coefficient (Wildman–Crippen LogP) is 6.22. The number of nitrogens with one attached hydrogen (secondary N) is 1. The van der Waals surface area contributed by atoms with E-state index in [1.165, 1.54) is 29.8 Å². The van der Waals surface area contributed by atoms with E-state index in [1.54, 1.807) is 4.90 Å². The summed E-state index contributed by atoms with van der Waals surface area (Å²) in [6.45, 7) is 6.88. The number of amides is 2. The first-order valence-corrected chi connectivity index (χ1v) is 11.2. The van der Waals surface area contributed by atoms with Gasteiger partial charge in [0, 0.05) is 37.9 Å². The van der Waals surface area contributed by atoms with Gasteiger partial charge in [-0.1, -0.05) is 48.6 Å². The van der Waals surface area contributed by atoms with Crippen LogP contribution in [0.15, 0.2) is 78.4 Å². The topological polar surface area (TPSA) is 44.8 Å². The summed E-state index contributed by atoms with van der Waals surface area (Å²) in [4.78, 5) is 17.4. The molecule has 0 spiro atoms. The molecule has 1 aliphatic heterocycles. The van der Waals surface area contributed by atoms with Crippen LogP contribution in [0.25, 0.3) is 0 Å². The standard InChI is InChI=1S/C26H30F3N3O2/c1-3-8-20(4-2)17-31-16-15-23(19-31)32(18-21-9-6-5-7-10-21)25(33)30-22-11-13-24(14-12-22)34-26(27,28)29/h3-14,23H,15-19H2,1-2H3,(H,30,33). The number of ether oxygens (including phenoxy) is 1. The Labute approximate surface area is 198 Å². The van der Waals surface area contributed by atoms with Gasteiger partial charge in [0.05, 0.1) is 0 Å². The lowest BCUT2D eigenvalue weighted by Gasteiger charge is -2.30. The second-order valence-corrected chi connectivity index (χ2v) is 8.16. The summed E-state index contributed by atoms with van der Waals surface area (Å²) in [7, 11) is 0. The van der Waals surface area contributed by atoms with Crippen LogP contribution in [0.3, 0.4) is 0 Å². The Balaban J connectivity index is 1.71. The van der Waals surface area contributed by atoms with Crippen LogP contribution < -0.4 is 10.1 Å². The zero-order chi connectivity index (χ0) is 24.6. The molecule has 0 radical (unpaired) electrons. The summed E-state index contributed by atoms with van der Waals surface area (Å²) < 4.78 is 41.1. The van der Waals surface area contributed by atoms with Crippen molar-refractivity contribution in [2.24, 2.45) is 0 Å². The van der Waals surface area contributed by atoms with Crippen LogP contribution >= 0.6 is 0 Å². The van der Waals surface area contributed by atoms with E-state index in [4.69, 9.17) is 0 Å². The molecule has 1 N–H and O–H groups in total. The van der Waals surface area contributed by atoms with Gasteiger partial charge in [0.15, 0.2) is 0 Å². The van der Waals surface area contributed by atoms with Crippen LogP contribution in [0.1, 0.15) is 25.8 Å². The van der Waals surface area contributed by atoms with Crippen LogP contribution in [0.5, 0.6) is 5.75 Å². The largest absolute Gasteiger partial charge is 0.573 e. The minimum Gasteiger partial charge on any atom is -0.406 e. The number of nitrogens with zero attached hydrogens (tertiary/aromatic N) is 2. The number of allylic oxidation sites excluding steroid dienone is 2. The van der Waals surface area contributed by atoms with Gasteiger partial charge in [-0.05, 0) is 55.7 Å². The number of halogens is 3. The third kappa shape index (κ3) is 7.66. The molecule has 0 aromatic heterocycles. The third-order valence-corrected chi connectivity index (χ3v) is 5.64. The second kappa shape index (κ2) is 11.7. The van der Waals surface area contributed by atoms with Gasteiger partial charge in [0.1, 0.15) is 5.75 Å². The molecule has 0 bridgehead atoms. The zero-order valence-electron chi connectivity index (χ0n) is 19.4. The fraction of sp³-hybridized carbons (Fsp3) is 0.346. The minimum absolute atomic E-state index is 0.0109. The molecule has 1 heterocycles. The molecule has 8 heteroatoms. The van der Waals surface area contributed by atoms with E-state index in [0.29, 0.717) is 12.2 Å². The van der Waals surface area contributed by atoms with Gasteiger partial charge in [-0.25, -0.2) is 4.79 Å². The summed E-state index contributed by atoms with van der Waals surface area (Å²) in [5.41, 5.74) is 2.63. The number of alkyl halides is 3. The number of carbonyl (C=O) groups excluding carboxylic acids is 1. The maximum atomic E-state index is 13.3. The van der Waals surface area contributed by atoms with E-state index < -0.39 is 6.36 Å². The maximum Gasteiger partial charge on any atom is 0.573 e. The van der Waals surface area contributed by atoms with Crippen molar-refractivity contribution in [3.8, 4) is 5.75 Å². The van der Waals surface area contributed by atoms with Crippen molar-refractivity contribution in [3.05, 3.63) is 84.0 Å². The average Bonchev–Trinajstić information content (AvgIpc) is 3.26. The van der Waals surface area contributed by atoms with Crippen molar-refractivity contribution in [1.29, 1.82) is 0 Å². The fourth-order valence-corrected chi connectivity index (χ4v) is 4.00. The molecule has 1 aliphatic rings. The summed E-state index contributed by atoms with van der Waals surface area (Å²) in [5, 5.41) is 2.83. The molecule has 34 heavy (non-hydrogen) atoms. The number of rotatable bonds is 8. The number of likely N-dealkylation sites (tertiary alicyclic amines) is 1. The first-order chi connectivity index (χ1) is 16.3. The molecule has 182 valence electrons. The van der Waals surface area contributed by atoms with Crippen molar-refractivity contribution in [2.75, 3.05) is 25.0 Å². The van der Waals surface area contributed by atoms with Crippen molar-refractivity contribution >= 4 is 11.7 Å². The molecule has 2 amide bonds. The van der Waals surface area contributed by atoms with E-state index in [9.17, 15) is 18.0 Å². The molecule has 2 aromatic carbocycles. The Morgan fingerprint density at radius 3 is 2.47 bits per heavy atom. The quantitative estimate of drug-likeness (QED) is 0.463. The van der Waals surface area contributed by atoms with Crippen LogP contribution in [-0.4, -0.2) is 47.9 Å². The van der Waals surface area contributed by atoms with Crippen molar-refractivity contribution in [2.45, 2.75) is 39.2 Å². The number of urea groups is 1. The normalized spacial score (nSPS) is 17.2. The minimum atomic E-state index is -4.76. The zero-order valence-corrected chi connectivity index (χ0v) is 19.4. The third-order valence-electron chi connectivity index (χ3n) is 5.64.